The number of aromatic hydroxyl groups is 2. The molecule has 3 N–H and O–H groups in total. The van der Waals surface area contributed by atoms with Crippen LogP contribution in [0.15, 0.2) is 42.5 Å². The third-order valence-corrected chi connectivity index (χ3v) is 7.34. The number of carbonyl (C=O) groups excluding carboxylic acids is 1. The van der Waals surface area contributed by atoms with Crippen LogP contribution in [-0.2, 0) is 26.9 Å². The van der Waals surface area contributed by atoms with Crippen LogP contribution in [0.25, 0.3) is 10.9 Å². The molecule has 1 unspecified atom stereocenters. The number of amides is 1. The Morgan fingerprint density at radius 1 is 1.12 bits per heavy atom. The minimum Gasteiger partial charge on any atom is -0.504 e. The topological polar surface area (TPSA) is 83.7 Å². The normalized spacial score (nSPS) is 19.8. The number of rotatable bonds is 5. The number of nitrogens with one attached hydrogen (secondary N) is 1. The summed E-state index contributed by atoms with van der Waals surface area (Å²) in [7, 11) is 0. The first-order valence-electron chi connectivity index (χ1n) is 12.2. The van der Waals surface area contributed by atoms with Gasteiger partial charge in [0, 0.05) is 46.8 Å². The predicted octanol–water partition coefficient (Wildman–Crippen LogP) is 5.45. The largest absolute Gasteiger partial charge is 0.504 e. The van der Waals surface area contributed by atoms with Gasteiger partial charge in [0.15, 0.2) is 11.5 Å². The summed E-state index contributed by atoms with van der Waals surface area (Å²) in [6.07, 6.45) is 3.75. The summed E-state index contributed by atoms with van der Waals surface area (Å²) in [5.74, 6) is 0.0647. The van der Waals surface area contributed by atoms with E-state index in [9.17, 15) is 15.0 Å². The van der Waals surface area contributed by atoms with E-state index in [1.54, 1.807) is 6.07 Å². The van der Waals surface area contributed by atoms with Crippen molar-refractivity contribution in [3.8, 4) is 11.5 Å². The van der Waals surface area contributed by atoms with Gasteiger partial charge in [0.2, 0.25) is 5.91 Å². The van der Waals surface area contributed by atoms with E-state index in [0.29, 0.717) is 5.92 Å². The number of anilines is 1. The number of phenols is 2. The Labute approximate surface area is 200 Å². The summed E-state index contributed by atoms with van der Waals surface area (Å²) >= 11 is 0. The molecule has 34 heavy (non-hydrogen) atoms. The molecule has 1 aliphatic carbocycles. The van der Waals surface area contributed by atoms with Crippen LogP contribution >= 0.6 is 0 Å². The van der Waals surface area contributed by atoms with Crippen molar-refractivity contribution in [2.24, 2.45) is 5.92 Å². The highest BCUT2D eigenvalue weighted by Crippen LogP contribution is 2.50. The van der Waals surface area contributed by atoms with Gasteiger partial charge in [-0.25, -0.2) is 0 Å². The van der Waals surface area contributed by atoms with Gasteiger partial charge in [0.1, 0.15) is 0 Å². The summed E-state index contributed by atoms with van der Waals surface area (Å²) in [5, 5.41) is 23.8. The Kier molecular flexibility index (Phi) is 5.59. The SMILES string of the molecule is CC(C)(C)c1cc2cc(NC(=O)C3(c4ccc(O)c(O)c4)CC3)ccc2n1CC1CCCOC1. The Morgan fingerprint density at radius 2 is 1.91 bits per heavy atom. The van der Waals surface area contributed by atoms with E-state index in [1.165, 1.54) is 29.8 Å². The maximum Gasteiger partial charge on any atom is 0.235 e. The van der Waals surface area contributed by atoms with Gasteiger partial charge in [0.05, 0.1) is 12.0 Å². The lowest BCUT2D eigenvalue weighted by Crippen LogP contribution is -2.27. The Hall–Kier alpha value is -2.99. The molecule has 2 aromatic carbocycles. The van der Waals surface area contributed by atoms with Crippen LogP contribution in [0, 0.1) is 5.92 Å². The number of nitrogens with zero attached hydrogens (tertiary/aromatic N) is 1. The molecule has 1 amide bonds. The second-order valence-corrected chi connectivity index (χ2v) is 11.0. The van der Waals surface area contributed by atoms with Crippen LogP contribution in [0.4, 0.5) is 5.69 Å². The predicted molar refractivity (Wildman–Crippen MR) is 133 cm³/mol. The molecule has 5 rings (SSSR count). The summed E-state index contributed by atoms with van der Waals surface area (Å²) in [5.41, 5.74) is 3.32. The number of phenolic OH excluding ortho intramolecular Hbond substituents is 2. The molecular weight excluding hydrogens is 428 g/mol. The molecular formula is C28H34N2O4. The van der Waals surface area contributed by atoms with Crippen molar-refractivity contribution in [2.75, 3.05) is 18.5 Å². The maximum absolute atomic E-state index is 13.2. The van der Waals surface area contributed by atoms with Gasteiger partial charge in [-0.05, 0) is 67.6 Å². The van der Waals surface area contributed by atoms with Gasteiger partial charge in [-0.15, -0.1) is 0 Å². The lowest BCUT2D eigenvalue weighted by atomic mass is 9.91. The highest BCUT2D eigenvalue weighted by Gasteiger charge is 2.51. The fourth-order valence-electron chi connectivity index (χ4n) is 5.22. The summed E-state index contributed by atoms with van der Waals surface area (Å²) in [6.45, 7) is 9.33. The molecule has 6 heteroatoms. The number of aromatic nitrogens is 1. The standard InChI is InChI=1S/C28H34N2O4/c1-27(2,3)25-14-19-13-21(7-8-22(19)30(25)16-18-5-4-12-34-17-18)29-26(33)28(10-11-28)20-6-9-23(31)24(32)15-20/h6-9,13-15,18,31-32H,4-5,10-12,16-17H2,1-3H3,(H,29,33). The van der Waals surface area contributed by atoms with Gasteiger partial charge in [0.25, 0.3) is 0 Å². The first-order chi connectivity index (χ1) is 16.2. The smallest absolute Gasteiger partial charge is 0.235 e. The zero-order valence-electron chi connectivity index (χ0n) is 20.2. The van der Waals surface area contributed by atoms with Gasteiger partial charge in [-0.1, -0.05) is 26.8 Å². The zero-order chi connectivity index (χ0) is 24.1. The van der Waals surface area contributed by atoms with Crippen LogP contribution in [0.1, 0.15) is 57.7 Å². The van der Waals surface area contributed by atoms with Crippen molar-refractivity contribution in [1.82, 2.24) is 4.57 Å². The highest BCUT2D eigenvalue weighted by molar-refractivity contribution is 6.02. The lowest BCUT2D eigenvalue weighted by molar-refractivity contribution is -0.118. The first kappa shape index (κ1) is 22.8. The number of benzene rings is 2. The minimum absolute atomic E-state index is 0.00308. The number of ether oxygens (including phenoxy) is 1. The van der Waals surface area contributed by atoms with Crippen molar-refractivity contribution in [1.29, 1.82) is 0 Å². The van der Waals surface area contributed by atoms with E-state index in [0.717, 1.165) is 55.7 Å². The molecule has 1 atom stereocenters. The van der Waals surface area contributed by atoms with Gasteiger partial charge in [-0.2, -0.15) is 0 Å². The van der Waals surface area contributed by atoms with E-state index in [4.69, 9.17) is 4.74 Å². The van der Waals surface area contributed by atoms with Crippen LogP contribution < -0.4 is 5.32 Å². The number of hydrogen-bond donors (Lipinski definition) is 3. The molecule has 1 aliphatic heterocycles. The van der Waals surface area contributed by atoms with Crippen LogP contribution in [-0.4, -0.2) is 33.9 Å². The number of carbonyl (C=O) groups is 1. The average Bonchev–Trinajstić information content (AvgIpc) is 3.53. The Morgan fingerprint density at radius 3 is 2.56 bits per heavy atom. The van der Waals surface area contributed by atoms with Crippen molar-refractivity contribution < 1.29 is 19.7 Å². The molecule has 1 saturated heterocycles. The summed E-state index contributed by atoms with van der Waals surface area (Å²) < 4.78 is 8.16. The van der Waals surface area contributed by atoms with Crippen molar-refractivity contribution in [3.05, 3.63) is 53.7 Å². The summed E-state index contributed by atoms with van der Waals surface area (Å²) in [4.78, 5) is 13.2. The summed E-state index contributed by atoms with van der Waals surface area (Å²) in [6, 6.07) is 13.0. The molecule has 3 aromatic rings. The van der Waals surface area contributed by atoms with Crippen molar-refractivity contribution in [3.63, 3.8) is 0 Å². The fourth-order valence-corrected chi connectivity index (χ4v) is 5.22. The third-order valence-electron chi connectivity index (χ3n) is 7.34. The molecule has 6 nitrogen and oxygen atoms in total. The Balaban J connectivity index is 1.42. The number of fused-ring (bicyclic) bond motifs is 1. The van der Waals surface area contributed by atoms with Crippen LogP contribution in [0.5, 0.6) is 11.5 Å². The second kappa shape index (κ2) is 8.35. The maximum atomic E-state index is 13.2. The van der Waals surface area contributed by atoms with E-state index in [1.807, 2.05) is 6.07 Å². The molecule has 0 spiro atoms. The lowest BCUT2D eigenvalue weighted by Gasteiger charge is -2.27. The van der Waals surface area contributed by atoms with E-state index < -0.39 is 5.41 Å². The third kappa shape index (κ3) is 4.16. The molecule has 0 bridgehead atoms. The highest BCUT2D eigenvalue weighted by atomic mass is 16.5. The zero-order valence-corrected chi connectivity index (χ0v) is 20.2. The Bertz CT molecular complexity index is 1230. The molecule has 1 saturated carbocycles. The van der Waals surface area contributed by atoms with Crippen LogP contribution in [0.3, 0.4) is 0 Å². The van der Waals surface area contributed by atoms with E-state index in [-0.39, 0.29) is 22.8 Å². The molecule has 2 aliphatic rings. The minimum atomic E-state index is -0.649. The van der Waals surface area contributed by atoms with Crippen molar-refractivity contribution >= 4 is 22.5 Å². The molecule has 180 valence electrons. The number of hydrogen-bond acceptors (Lipinski definition) is 4. The monoisotopic (exact) mass is 462 g/mol. The first-order valence-corrected chi connectivity index (χ1v) is 12.2. The second-order valence-electron chi connectivity index (χ2n) is 11.0. The van der Waals surface area contributed by atoms with Crippen LogP contribution in [0.2, 0.25) is 0 Å². The van der Waals surface area contributed by atoms with E-state index in [2.05, 4.69) is 48.9 Å². The quantitative estimate of drug-likeness (QED) is 0.441. The fraction of sp³-hybridized carbons (Fsp3) is 0.464. The molecule has 1 aromatic heterocycles. The average molecular weight is 463 g/mol. The van der Waals surface area contributed by atoms with Crippen molar-refractivity contribution in [2.45, 2.75) is 63.8 Å². The van der Waals surface area contributed by atoms with Gasteiger partial charge in [-0.3, -0.25) is 4.79 Å². The molecule has 2 fully saturated rings. The van der Waals surface area contributed by atoms with E-state index >= 15 is 0 Å². The molecule has 0 radical (unpaired) electrons. The van der Waals surface area contributed by atoms with Gasteiger partial charge < -0.3 is 24.8 Å². The molecule has 2 heterocycles. The van der Waals surface area contributed by atoms with Gasteiger partial charge >= 0.3 is 0 Å².